The van der Waals surface area contributed by atoms with E-state index in [0.717, 1.165) is 27.8 Å². The summed E-state index contributed by atoms with van der Waals surface area (Å²) in [6.45, 7) is 4.20. The molecule has 0 fully saturated rings. The highest BCUT2D eigenvalue weighted by Crippen LogP contribution is 2.20. The average molecular weight is 331 g/mol. The number of nitrogens with one attached hydrogen (secondary N) is 1. The fourth-order valence-electron chi connectivity index (χ4n) is 2.93. The van der Waals surface area contributed by atoms with Crippen molar-refractivity contribution in [1.29, 1.82) is 0 Å². The first-order valence-corrected chi connectivity index (χ1v) is 8.07. The van der Waals surface area contributed by atoms with Crippen molar-refractivity contribution in [3.05, 3.63) is 71.3 Å². The van der Waals surface area contributed by atoms with Crippen LogP contribution in [0.25, 0.3) is 16.6 Å². The van der Waals surface area contributed by atoms with Crippen LogP contribution in [0.5, 0.6) is 0 Å². The zero-order valence-electron chi connectivity index (χ0n) is 14.0. The van der Waals surface area contributed by atoms with E-state index in [1.807, 2.05) is 66.9 Å². The maximum Gasteiger partial charge on any atom is 0.252 e. The van der Waals surface area contributed by atoms with E-state index < -0.39 is 0 Å². The summed E-state index contributed by atoms with van der Waals surface area (Å²) < 4.78 is 1.86. The van der Waals surface area contributed by atoms with E-state index >= 15 is 0 Å². The Morgan fingerprint density at radius 2 is 2.00 bits per heavy atom. The number of fused-ring (bicyclic) bond motifs is 2. The van der Waals surface area contributed by atoms with Crippen molar-refractivity contribution in [3.8, 4) is 0 Å². The number of pyridine rings is 2. The number of rotatable bonds is 3. The normalized spacial score (nSPS) is 11.1. The number of aromatic nitrogens is 4. The third-order valence-electron chi connectivity index (χ3n) is 4.13. The van der Waals surface area contributed by atoms with E-state index in [0.29, 0.717) is 17.9 Å². The Morgan fingerprint density at radius 3 is 2.88 bits per heavy atom. The summed E-state index contributed by atoms with van der Waals surface area (Å²) in [6.07, 6.45) is 1.88. The fraction of sp³-hybridized carbons (Fsp3) is 0.158. The molecule has 0 aliphatic rings. The molecule has 4 aromatic rings. The number of carbonyl (C=O) groups is 1. The molecule has 0 radical (unpaired) electrons. The average Bonchev–Trinajstić information content (AvgIpc) is 3.02. The Hall–Kier alpha value is -3.28. The Bertz CT molecular complexity index is 1100. The van der Waals surface area contributed by atoms with Crippen LogP contribution in [0, 0.1) is 13.8 Å². The minimum Gasteiger partial charge on any atom is -0.345 e. The monoisotopic (exact) mass is 331 g/mol. The molecular formula is C19H17N5O. The molecule has 1 aromatic carbocycles. The van der Waals surface area contributed by atoms with Crippen molar-refractivity contribution >= 4 is 22.5 Å². The van der Waals surface area contributed by atoms with Crippen molar-refractivity contribution in [1.82, 2.24) is 24.9 Å². The van der Waals surface area contributed by atoms with E-state index in [1.54, 1.807) is 0 Å². The molecule has 0 aliphatic heterocycles. The molecule has 6 nitrogen and oxygen atoms in total. The van der Waals surface area contributed by atoms with E-state index in [4.69, 9.17) is 0 Å². The summed E-state index contributed by atoms with van der Waals surface area (Å²) in [6, 6.07) is 13.4. The van der Waals surface area contributed by atoms with E-state index in [1.165, 1.54) is 0 Å². The second-order valence-electron chi connectivity index (χ2n) is 6.06. The van der Waals surface area contributed by atoms with Gasteiger partial charge in [-0.3, -0.25) is 14.2 Å². The molecule has 6 heteroatoms. The van der Waals surface area contributed by atoms with Crippen LogP contribution in [-0.4, -0.2) is 25.5 Å². The summed E-state index contributed by atoms with van der Waals surface area (Å²) >= 11 is 0. The molecule has 0 bridgehead atoms. The van der Waals surface area contributed by atoms with Gasteiger partial charge in [-0.05, 0) is 44.2 Å². The summed E-state index contributed by atoms with van der Waals surface area (Å²) in [4.78, 5) is 17.3. The quantitative estimate of drug-likeness (QED) is 0.626. The predicted octanol–water partition coefficient (Wildman–Crippen LogP) is 2.82. The molecule has 1 N–H and O–H groups in total. The van der Waals surface area contributed by atoms with Crippen LogP contribution in [0.2, 0.25) is 0 Å². The van der Waals surface area contributed by atoms with Gasteiger partial charge in [0.1, 0.15) is 0 Å². The molecule has 4 rings (SSSR count). The van der Waals surface area contributed by atoms with E-state index in [9.17, 15) is 4.79 Å². The standard InChI is InChI=1S/C19H17N5O/c1-12-6-7-16-14(9-12)15(10-13(2)21-16)19(25)20-11-18-23-22-17-5-3-4-8-24(17)18/h3-10H,11H2,1-2H3,(H,20,25). The summed E-state index contributed by atoms with van der Waals surface area (Å²) in [5.74, 6) is 0.545. The van der Waals surface area contributed by atoms with Gasteiger partial charge in [0.25, 0.3) is 5.91 Å². The molecule has 0 saturated heterocycles. The lowest BCUT2D eigenvalue weighted by Crippen LogP contribution is -2.24. The summed E-state index contributed by atoms with van der Waals surface area (Å²) in [5, 5.41) is 12.0. The number of hydrogen-bond acceptors (Lipinski definition) is 4. The van der Waals surface area contributed by atoms with Crippen molar-refractivity contribution in [2.45, 2.75) is 20.4 Å². The molecule has 0 atom stereocenters. The number of benzene rings is 1. The second kappa shape index (κ2) is 5.98. The topological polar surface area (TPSA) is 72.2 Å². The first kappa shape index (κ1) is 15.3. The van der Waals surface area contributed by atoms with Crippen LogP contribution in [0.1, 0.15) is 27.4 Å². The zero-order valence-corrected chi connectivity index (χ0v) is 14.0. The molecule has 0 unspecified atom stereocenters. The van der Waals surface area contributed by atoms with Crippen LogP contribution in [0.15, 0.2) is 48.7 Å². The maximum atomic E-state index is 12.8. The minimum atomic E-state index is -0.145. The van der Waals surface area contributed by atoms with Crippen LogP contribution >= 0.6 is 0 Å². The highest BCUT2D eigenvalue weighted by atomic mass is 16.1. The van der Waals surface area contributed by atoms with Gasteiger partial charge in [0.05, 0.1) is 17.6 Å². The largest absolute Gasteiger partial charge is 0.345 e. The number of hydrogen-bond donors (Lipinski definition) is 1. The summed E-state index contributed by atoms with van der Waals surface area (Å²) in [5.41, 5.74) is 4.11. The second-order valence-corrected chi connectivity index (χ2v) is 6.06. The highest BCUT2D eigenvalue weighted by Gasteiger charge is 2.13. The first-order valence-electron chi connectivity index (χ1n) is 8.07. The molecule has 3 heterocycles. The van der Waals surface area contributed by atoms with Gasteiger partial charge in [-0.15, -0.1) is 10.2 Å². The zero-order chi connectivity index (χ0) is 17.4. The lowest BCUT2D eigenvalue weighted by atomic mass is 10.0. The highest BCUT2D eigenvalue weighted by molar-refractivity contribution is 6.06. The first-order chi connectivity index (χ1) is 12.1. The van der Waals surface area contributed by atoms with Gasteiger partial charge < -0.3 is 5.32 Å². The van der Waals surface area contributed by atoms with Crippen molar-refractivity contribution in [3.63, 3.8) is 0 Å². The van der Waals surface area contributed by atoms with Crippen molar-refractivity contribution in [2.24, 2.45) is 0 Å². The lowest BCUT2D eigenvalue weighted by Gasteiger charge is -2.09. The third kappa shape index (κ3) is 2.82. The van der Waals surface area contributed by atoms with E-state index in [2.05, 4.69) is 20.5 Å². The molecular weight excluding hydrogens is 314 g/mol. The van der Waals surface area contributed by atoms with Crippen molar-refractivity contribution in [2.75, 3.05) is 0 Å². The van der Waals surface area contributed by atoms with Crippen LogP contribution < -0.4 is 5.32 Å². The Balaban J connectivity index is 1.65. The van der Waals surface area contributed by atoms with Crippen molar-refractivity contribution < 1.29 is 4.79 Å². The number of nitrogens with zero attached hydrogens (tertiary/aromatic N) is 4. The summed E-state index contributed by atoms with van der Waals surface area (Å²) in [7, 11) is 0. The fourth-order valence-corrected chi connectivity index (χ4v) is 2.93. The smallest absolute Gasteiger partial charge is 0.252 e. The third-order valence-corrected chi connectivity index (χ3v) is 4.13. The number of carbonyl (C=O) groups excluding carboxylic acids is 1. The van der Waals surface area contributed by atoms with Gasteiger partial charge in [0.2, 0.25) is 0 Å². The molecule has 124 valence electrons. The molecule has 0 saturated carbocycles. The van der Waals surface area contributed by atoms with Gasteiger partial charge in [-0.25, -0.2) is 0 Å². The molecule has 25 heavy (non-hydrogen) atoms. The molecule has 3 aromatic heterocycles. The number of aryl methyl sites for hydroxylation is 2. The lowest BCUT2D eigenvalue weighted by molar-refractivity contribution is 0.0951. The number of amides is 1. The van der Waals surface area contributed by atoms with Gasteiger partial charge >= 0.3 is 0 Å². The molecule has 1 amide bonds. The van der Waals surface area contributed by atoms with Gasteiger partial charge in [0.15, 0.2) is 11.5 Å². The Labute approximate surface area is 144 Å². The predicted molar refractivity (Wildman–Crippen MR) is 95.4 cm³/mol. The minimum absolute atomic E-state index is 0.145. The van der Waals surface area contributed by atoms with Gasteiger partial charge in [-0.1, -0.05) is 17.7 Å². The molecule has 0 aliphatic carbocycles. The van der Waals surface area contributed by atoms with Crippen LogP contribution in [-0.2, 0) is 6.54 Å². The molecule has 0 spiro atoms. The van der Waals surface area contributed by atoms with Gasteiger partial charge in [0, 0.05) is 17.3 Å². The van der Waals surface area contributed by atoms with Crippen LogP contribution in [0.4, 0.5) is 0 Å². The van der Waals surface area contributed by atoms with Gasteiger partial charge in [-0.2, -0.15) is 0 Å². The van der Waals surface area contributed by atoms with Crippen LogP contribution in [0.3, 0.4) is 0 Å². The van der Waals surface area contributed by atoms with E-state index in [-0.39, 0.29) is 5.91 Å². The Morgan fingerprint density at radius 1 is 1.12 bits per heavy atom. The SMILES string of the molecule is Cc1ccc2nc(C)cc(C(=O)NCc3nnc4ccccn34)c2c1. The Kier molecular flexibility index (Phi) is 3.65. The maximum absolute atomic E-state index is 12.8.